The number of rotatable bonds is 8. The van der Waals surface area contributed by atoms with Crippen LogP contribution < -0.4 is 4.74 Å². The van der Waals surface area contributed by atoms with Gasteiger partial charge in [-0.3, -0.25) is 4.79 Å². The lowest BCUT2D eigenvalue weighted by molar-refractivity contribution is -0.131. The maximum absolute atomic E-state index is 12.7. The zero-order valence-corrected chi connectivity index (χ0v) is 20.7. The van der Waals surface area contributed by atoms with E-state index in [4.69, 9.17) is 9.72 Å². The van der Waals surface area contributed by atoms with Gasteiger partial charge in [0.1, 0.15) is 11.6 Å². The van der Waals surface area contributed by atoms with Crippen molar-refractivity contribution < 1.29 is 9.53 Å². The summed E-state index contributed by atoms with van der Waals surface area (Å²) in [6.45, 7) is 13.0. The van der Waals surface area contributed by atoms with Crippen LogP contribution in [0.5, 0.6) is 5.75 Å². The van der Waals surface area contributed by atoms with Crippen molar-refractivity contribution in [1.29, 1.82) is 0 Å². The first-order valence-electron chi connectivity index (χ1n) is 12.3. The molecule has 1 aromatic heterocycles. The molecule has 1 aliphatic heterocycles. The van der Waals surface area contributed by atoms with Crippen LogP contribution in [0.15, 0.2) is 48.5 Å². The van der Waals surface area contributed by atoms with Crippen LogP contribution in [0.1, 0.15) is 77.1 Å². The Morgan fingerprint density at radius 3 is 2.52 bits per heavy atom. The summed E-state index contributed by atoms with van der Waals surface area (Å²) in [5.74, 6) is 2.85. The highest BCUT2D eigenvalue weighted by atomic mass is 16.5. The highest BCUT2D eigenvalue weighted by Crippen LogP contribution is 2.34. The molecule has 1 fully saturated rings. The molecule has 5 nitrogen and oxygen atoms in total. The van der Waals surface area contributed by atoms with Crippen LogP contribution in [-0.2, 0) is 11.3 Å². The lowest BCUT2D eigenvalue weighted by Gasteiger charge is -2.32. The van der Waals surface area contributed by atoms with Crippen molar-refractivity contribution >= 4 is 16.9 Å². The molecule has 4 rings (SSSR count). The van der Waals surface area contributed by atoms with E-state index in [0.717, 1.165) is 48.5 Å². The van der Waals surface area contributed by atoms with Gasteiger partial charge in [-0.15, -0.1) is 0 Å². The Morgan fingerprint density at radius 2 is 1.85 bits per heavy atom. The van der Waals surface area contributed by atoms with Crippen molar-refractivity contribution in [3.8, 4) is 5.75 Å². The van der Waals surface area contributed by atoms with E-state index >= 15 is 0 Å². The molecular formula is C28H37N3O2. The predicted octanol–water partition coefficient (Wildman–Crippen LogP) is 6.13. The van der Waals surface area contributed by atoms with Gasteiger partial charge in [0.25, 0.3) is 0 Å². The predicted molar refractivity (Wildman–Crippen MR) is 134 cm³/mol. The normalized spacial score (nSPS) is 17.7. The molecule has 33 heavy (non-hydrogen) atoms. The Balaban J connectivity index is 1.45. The topological polar surface area (TPSA) is 47.4 Å². The van der Waals surface area contributed by atoms with Gasteiger partial charge in [0.15, 0.2) is 0 Å². The minimum Gasteiger partial charge on any atom is -0.494 e. The number of carbonyl (C=O) groups excluding carboxylic acids is 1. The molecule has 2 unspecified atom stereocenters. The van der Waals surface area contributed by atoms with Crippen molar-refractivity contribution in [3.63, 3.8) is 0 Å². The first kappa shape index (κ1) is 23.3. The van der Waals surface area contributed by atoms with E-state index in [9.17, 15) is 4.79 Å². The first-order valence-corrected chi connectivity index (χ1v) is 12.3. The summed E-state index contributed by atoms with van der Waals surface area (Å²) in [4.78, 5) is 19.7. The Hall–Kier alpha value is -2.82. The Bertz CT molecular complexity index is 1090. The maximum Gasteiger partial charge on any atom is 0.223 e. The van der Waals surface area contributed by atoms with E-state index < -0.39 is 0 Å². The second-order valence-corrected chi connectivity index (χ2v) is 10.3. The summed E-state index contributed by atoms with van der Waals surface area (Å²) in [6, 6.07) is 16.8. The van der Waals surface area contributed by atoms with Crippen molar-refractivity contribution in [2.24, 2.45) is 0 Å². The van der Waals surface area contributed by atoms with Gasteiger partial charge in [0.05, 0.1) is 17.6 Å². The van der Waals surface area contributed by atoms with Gasteiger partial charge in [-0.1, -0.05) is 38.1 Å². The fourth-order valence-corrected chi connectivity index (χ4v) is 4.71. The van der Waals surface area contributed by atoms with Crippen LogP contribution in [0.2, 0.25) is 0 Å². The van der Waals surface area contributed by atoms with Crippen molar-refractivity contribution in [3.05, 3.63) is 59.9 Å². The number of aromatic nitrogens is 2. The van der Waals surface area contributed by atoms with Gasteiger partial charge < -0.3 is 14.2 Å². The molecule has 2 heterocycles. The second kappa shape index (κ2) is 9.58. The number of amides is 1. The van der Waals surface area contributed by atoms with Crippen LogP contribution in [0.25, 0.3) is 11.0 Å². The van der Waals surface area contributed by atoms with Crippen LogP contribution in [0.3, 0.4) is 0 Å². The number of likely N-dealkylation sites (tertiary alicyclic amines) is 1. The number of fused-ring (bicyclic) bond motifs is 1. The summed E-state index contributed by atoms with van der Waals surface area (Å²) in [6.07, 6.45) is 2.55. The van der Waals surface area contributed by atoms with E-state index in [0.29, 0.717) is 18.9 Å². The number of benzene rings is 2. The highest BCUT2D eigenvalue weighted by molar-refractivity contribution is 5.81. The standard InChI is InChI=1S/C28H37N3O2/c1-6-20(2)21-12-14-23(15-13-21)33-17-9-16-30-25-11-8-7-10-24(25)29-27(30)22-18-26(32)31(19-22)28(3,4)5/h7-8,10-15,20,22H,6,9,16-19H2,1-5H3. The minimum atomic E-state index is -0.166. The number of nitrogens with zero attached hydrogens (tertiary/aromatic N) is 3. The molecule has 0 radical (unpaired) electrons. The summed E-state index contributed by atoms with van der Waals surface area (Å²) in [7, 11) is 0. The van der Waals surface area contributed by atoms with Gasteiger partial charge in [-0.25, -0.2) is 4.98 Å². The minimum absolute atomic E-state index is 0.123. The van der Waals surface area contributed by atoms with Gasteiger partial charge in [-0.2, -0.15) is 0 Å². The lowest BCUT2D eigenvalue weighted by atomic mass is 9.99. The molecule has 3 aromatic rings. The Kier molecular flexibility index (Phi) is 6.78. The SMILES string of the molecule is CCC(C)c1ccc(OCCCn2c(C3CC(=O)N(C(C)(C)C)C3)nc3ccccc32)cc1. The molecule has 0 aliphatic carbocycles. The molecule has 0 bridgehead atoms. The van der Waals surface area contributed by atoms with E-state index in [1.807, 2.05) is 11.0 Å². The Morgan fingerprint density at radius 1 is 1.12 bits per heavy atom. The number of carbonyl (C=O) groups is 1. The third-order valence-corrected chi connectivity index (χ3v) is 6.84. The van der Waals surface area contributed by atoms with Crippen LogP contribution >= 0.6 is 0 Å². The number of hydrogen-bond donors (Lipinski definition) is 0. The monoisotopic (exact) mass is 447 g/mol. The number of aryl methyl sites for hydroxylation is 1. The third kappa shape index (κ3) is 5.07. The molecule has 1 aliphatic rings. The average molecular weight is 448 g/mol. The van der Waals surface area contributed by atoms with Crippen molar-refractivity contribution in [2.75, 3.05) is 13.2 Å². The molecule has 5 heteroatoms. The summed E-state index contributed by atoms with van der Waals surface area (Å²) >= 11 is 0. The summed E-state index contributed by atoms with van der Waals surface area (Å²) < 4.78 is 8.33. The number of para-hydroxylation sites is 2. The smallest absolute Gasteiger partial charge is 0.223 e. The lowest BCUT2D eigenvalue weighted by Crippen LogP contribution is -2.42. The zero-order chi connectivity index (χ0) is 23.6. The van der Waals surface area contributed by atoms with Gasteiger partial charge in [0.2, 0.25) is 5.91 Å². The molecule has 1 amide bonds. The molecule has 1 saturated heterocycles. The zero-order valence-electron chi connectivity index (χ0n) is 20.7. The van der Waals surface area contributed by atoms with Crippen LogP contribution in [-0.4, -0.2) is 39.0 Å². The van der Waals surface area contributed by atoms with Crippen molar-refractivity contribution in [1.82, 2.24) is 14.5 Å². The van der Waals surface area contributed by atoms with Gasteiger partial charge in [-0.05, 0) is 69.4 Å². The number of hydrogen-bond acceptors (Lipinski definition) is 3. The second-order valence-electron chi connectivity index (χ2n) is 10.3. The van der Waals surface area contributed by atoms with Gasteiger partial charge in [0, 0.05) is 31.0 Å². The summed E-state index contributed by atoms with van der Waals surface area (Å²) in [5, 5.41) is 0. The molecular weight excluding hydrogens is 410 g/mol. The largest absolute Gasteiger partial charge is 0.494 e. The number of ether oxygens (including phenoxy) is 1. The molecule has 0 saturated carbocycles. The van der Waals surface area contributed by atoms with Gasteiger partial charge >= 0.3 is 0 Å². The molecule has 2 aromatic carbocycles. The molecule has 176 valence electrons. The number of imidazole rings is 1. The highest BCUT2D eigenvalue weighted by Gasteiger charge is 2.38. The molecule has 0 spiro atoms. The fourth-order valence-electron chi connectivity index (χ4n) is 4.71. The average Bonchev–Trinajstić information content (AvgIpc) is 3.37. The van der Waals surface area contributed by atoms with E-state index in [1.165, 1.54) is 5.56 Å². The maximum atomic E-state index is 12.7. The quantitative estimate of drug-likeness (QED) is 0.390. The molecule has 0 N–H and O–H groups in total. The van der Waals surface area contributed by atoms with E-state index in [1.54, 1.807) is 0 Å². The van der Waals surface area contributed by atoms with Crippen LogP contribution in [0.4, 0.5) is 0 Å². The fraction of sp³-hybridized carbons (Fsp3) is 0.500. The van der Waals surface area contributed by atoms with Crippen LogP contribution in [0, 0.1) is 0 Å². The summed E-state index contributed by atoms with van der Waals surface area (Å²) in [5.41, 5.74) is 3.32. The van der Waals surface area contributed by atoms with E-state index in [2.05, 4.69) is 81.7 Å². The van der Waals surface area contributed by atoms with E-state index in [-0.39, 0.29) is 17.4 Å². The Labute approximate surface area is 197 Å². The first-order chi connectivity index (χ1) is 15.8. The van der Waals surface area contributed by atoms with Crippen molar-refractivity contribution in [2.45, 2.75) is 77.8 Å². The third-order valence-electron chi connectivity index (χ3n) is 6.84. The molecule has 2 atom stereocenters.